The normalized spacial score (nSPS) is 21.2. The average molecular weight is 344 g/mol. The minimum atomic E-state index is -4.57. The maximum Gasteiger partial charge on any atom is 0.416 e. The van der Waals surface area contributed by atoms with Gasteiger partial charge in [-0.2, -0.15) is 13.2 Å². The molecule has 1 saturated heterocycles. The predicted molar refractivity (Wildman–Crippen MR) is 77.6 cm³/mol. The number of aromatic amines is 2. The number of carbonyl (C=O) groups is 1. The van der Waals surface area contributed by atoms with Crippen LogP contribution < -0.4 is 5.69 Å². The van der Waals surface area contributed by atoms with Crippen molar-refractivity contribution in [3.05, 3.63) is 28.3 Å². The average Bonchev–Trinajstić information content (AvgIpc) is 2.82. The first-order valence-corrected chi connectivity index (χ1v) is 7.17. The number of fused-ring (bicyclic) bond motifs is 1. The first-order chi connectivity index (χ1) is 11.0. The van der Waals surface area contributed by atoms with E-state index in [4.69, 9.17) is 4.74 Å². The minimum absolute atomic E-state index is 0.0140. The molecule has 3 rings (SSSR count). The minimum Gasteiger partial charge on any atom is -0.359 e. The summed E-state index contributed by atoms with van der Waals surface area (Å²) in [5.74, 6) is -0.600. The molecule has 1 aliphatic rings. The van der Waals surface area contributed by atoms with E-state index in [0.29, 0.717) is 5.52 Å². The van der Waals surface area contributed by atoms with Gasteiger partial charge in [0.25, 0.3) is 5.91 Å². The van der Waals surface area contributed by atoms with Gasteiger partial charge in [0.2, 0.25) is 0 Å². The largest absolute Gasteiger partial charge is 0.416 e. The van der Waals surface area contributed by atoms with Crippen molar-refractivity contribution in [3.63, 3.8) is 0 Å². The predicted octanol–water partition coefficient (Wildman–Crippen LogP) is 1.43. The molecule has 0 radical (unpaired) electrons. The lowest BCUT2D eigenvalue weighted by molar-refractivity contribution is -0.267. The van der Waals surface area contributed by atoms with Crippen LogP contribution in [0.2, 0.25) is 0 Å². The van der Waals surface area contributed by atoms with Crippen LogP contribution in [0.15, 0.2) is 17.1 Å². The van der Waals surface area contributed by atoms with Crippen LogP contribution in [0.1, 0.15) is 24.2 Å². The van der Waals surface area contributed by atoms with Crippen molar-refractivity contribution in [2.75, 3.05) is 13.1 Å². The number of H-pyrrole nitrogens is 2. The van der Waals surface area contributed by atoms with Crippen molar-refractivity contribution in [1.29, 1.82) is 0 Å². The molecule has 0 saturated carbocycles. The fraction of sp³-hybridized carbons (Fsp3) is 0.500. The third-order valence-electron chi connectivity index (χ3n) is 3.69. The number of alkyl halides is 3. The van der Waals surface area contributed by atoms with Gasteiger partial charge in [-0.1, -0.05) is 0 Å². The molecule has 1 amide bonds. The van der Waals surface area contributed by atoms with E-state index in [0.717, 1.165) is 4.90 Å². The number of pyridine rings is 1. The number of halogens is 3. The number of carbonyl (C=O) groups excluding carboxylic acids is 1. The standard InChI is InChI=1S/C14H15F3N4O3/c1-13(2)6-21(5-9(24-13)14(15,16)17)11(22)7-3-8-10(18-4-7)20-12(23)19-8/h3-4,9H,5-6H2,1-2H3,(H2,18,19,20,23). The summed E-state index contributed by atoms with van der Waals surface area (Å²) in [6.07, 6.45) is -5.39. The number of nitrogens with one attached hydrogen (secondary N) is 2. The first kappa shape index (κ1) is 16.5. The van der Waals surface area contributed by atoms with Gasteiger partial charge in [-0.25, -0.2) is 9.78 Å². The zero-order chi connectivity index (χ0) is 17.7. The molecule has 1 unspecified atom stereocenters. The Morgan fingerprint density at radius 2 is 2.12 bits per heavy atom. The number of imidazole rings is 1. The zero-order valence-electron chi connectivity index (χ0n) is 12.9. The Kier molecular flexibility index (Phi) is 3.67. The number of amides is 1. The van der Waals surface area contributed by atoms with Crippen LogP contribution in [0.3, 0.4) is 0 Å². The molecular weight excluding hydrogens is 329 g/mol. The van der Waals surface area contributed by atoms with Gasteiger partial charge in [-0.3, -0.25) is 9.78 Å². The Hall–Kier alpha value is -2.36. The van der Waals surface area contributed by atoms with Gasteiger partial charge in [0.15, 0.2) is 11.8 Å². The van der Waals surface area contributed by atoms with Crippen molar-refractivity contribution < 1.29 is 22.7 Å². The topological polar surface area (TPSA) is 91.1 Å². The van der Waals surface area contributed by atoms with Crippen molar-refractivity contribution in [2.45, 2.75) is 31.7 Å². The van der Waals surface area contributed by atoms with Gasteiger partial charge in [0, 0.05) is 12.7 Å². The molecule has 0 aromatic carbocycles. The van der Waals surface area contributed by atoms with Gasteiger partial charge >= 0.3 is 11.9 Å². The van der Waals surface area contributed by atoms with Gasteiger partial charge < -0.3 is 14.6 Å². The molecule has 1 fully saturated rings. The number of hydrogen-bond donors (Lipinski definition) is 2. The highest BCUT2D eigenvalue weighted by Crippen LogP contribution is 2.32. The quantitative estimate of drug-likeness (QED) is 0.819. The number of hydrogen-bond acceptors (Lipinski definition) is 4. The molecular formula is C14H15F3N4O3. The number of aromatic nitrogens is 3. The van der Waals surface area contributed by atoms with Crippen molar-refractivity contribution in [1.82, 2.24) is 19.9 Å². The number of ether oxygens (including phenoxy) is 1. The number of morpholine rings is 1. The van der Waals surface area contributed by atoms with Crippen molar-refractivity contribution >= 4 is 17.1 Å². The molecule has 1 aliphatic heterocycles. The molecule has 24 heavy (non-hydrogen) atoms. The Bertz CT molecular complexity index is 840. The van der Waals surface area contributed by atoms with Crippen LogP contribution in [-0.4, -0.2) is 56.7 Å². The van der Waals surface area contributed by atoms with E-state index >= 15 is 0 Å². The summed E-state index contributed by atoms with van der Waals surface area (Å²) in [6.45, 7) is 2.42. The van der Waals surface area contributed by atoms with Crippen LogP contribution in [0, 0.1) is 0 Å². The first-order valence-electron chi connectivity index (χ1n) is 7.17. The smallest absolute Gasteiger partial charge is 0.359 e. The van der Waals surface area contributed by atoms with Crippen LogP contribution in [0.25, 0.3) is 11.2 Å². The summed E-state index contributed by atoms with van der Waals surface area (Å²) in [5.41, 5.74) is -0.936. The molecule has 3 heterocycles. The lowest BCUT2D eigenvalue weighted by Crippen LogP contribution is -2.58. The third-order valence-corrected chi connectivity index (χ3v) is 3.69. The van der Waals surface area contributed by atoms with Gasteiger partial charge in [-0.15, -0.1) is 0 Å². The van der Waals surface area contributed by atoms with Crippen LogP contribution in [-0.2, 0) is 4.74 Å². The van der Waals surface area contributed by atoms with E-state index in [9.17, 15) is 22.8 Å². The van der Waals surface area contributed by atoms with E-state index in [1.165, 1.54) is 26.1 Å². The summed E-state index contributed by atoms with van der Waals surface area (Å²) in [7, 11) is 0. The third kappa shape index (κ3) is 3.14. The molecule has 0 bridgehead atoms. The summed E-state index contributed by atoms with van der Waals surface area (Å²) < 4.78 is 44.1. The fourth-order valence-corrected chi connectivity index (χ4v) is 2.73. The molecule has 1 atom stereocenters. The van der Waals surface area contributed by atoms with Crippen LogP contribution in [0.5, 0.6) is 0 Å². The number of nitrogens with zero attached hydrogens (tertiary/aromatic N) is 2. The lowest BCUT2D eigenvalue weighted by Gasteiger charge is -2.43. The summed E-state index contributed by atoms with van der Waals surface area (Å²) in [6, 6.07) is 1.38. The monoisotopic (exact) mass is 344 g/mol. The van der Waals surface area contributed by atoms with E-state index in [1.54, 1.807) is 0 Å². The van der Waals surface area contributed by atoms with Gasteiger partial charge in [0.05, 0.1) is 23.2 Å². The van der Waals surface area contributed by atoms with Crippen LogP contribution >= 0.6 is 0 Å². The summed E-state index contributed by atoms with van der Waals surface area (Å²) in [5, 5.41) is 0. The molecule has 7 nitrogen and oxygen atoms in total. The Balaban J connectivity index is 1.90. The highest BCUT2D eigenvalue weighted by Gasteiger charge is 2.49. The molecule has 0 spiro atoms. The van der Waals surface area contributed by atoms with Crippen molar-refractivity contribution in [3.8, 4) is 0 Å². The maximum absolute atomic E-state index is 13.0. The Labute approximate surface area is 133 Å². The molecule has 0 aliphatic carbocycles. The molecule has 2 aromatic rings. The Morgan fingerprint density at radius 3 is 2.79 bits per heavy atom. The van der Waals surface area contributed by atoms with Crippen LogP contribution in [0.4, 0.5) is 13.2 Å². The van der Waals surface area contributed by atoms with E-state index in [2.05, 4.69) is 15.0 Å². The Morgan fingerprint density at radius 1 is 1.42 bits per heavy atom. The second-order valence-corrected chi connectivity index (χ2v) is 6.29. The van der Waals surface area contributed by atoms with Gasteiger partial charge in [0.1, 0.15) is 0 Å². The highest BCUT2D eigenvalue weighted by atomic mass is 19.4. The second-order valence-electron chi connectivity index (χ2n) is 6.29. The zero-order valence-corrected chi connectivity index (χ0v) is 12.9. The second kappa shape index (κ2) is 5.33. The molecule has 2 aromatic heterocycles. The van der Waals surface area contributed by atoms with Gasteiger partial charge in [-0.05, 0) is 19.9 Å². The molecule has 10 heteroatoms. The maximum atomic E-state index is 13.0. The molecule has 130 valence electrons. The lowest BCUT2D eigenvalue weighted by atomic mass is 10.0. The van der Waals surface area contributed by atoms with E-state index < -0.39 is 36.0 Å². The summed E-state index contributed by atoms with van der Waals surface area (Å²) >= 11 is 0. The van der Waals surface area contributed by atoms with E-state index in [1.807, 2.05) is 0 Å². The van der Waals surface area contributed by atoms with Crippen molar-refractivity contribution in [2.24, 2.45) is 0 Å². The SMILES string of the molecule is CC1(C)CN(C(=O)c2cnc3[nH]c(=O)[nH]c3c2)CC(C(F)(F)F)O1. The summed E-state index contributed by atoms with van der Waals surface area (Å²) in [4.78, 5) is 33.7. The highest BCUT2D eigenvalue weighted by molar-refractivity contribution is 5.96. The van der Waals surface area contributed by atoms with E-state index in [-0.39, 0.29) is 17.8 Å². The molecule has 2 N–H and O–H groups in total. The fourth-order valence-electron chi connectivity index (χ4n) is 2.73. The number of rotatable bonds is 1.